The molecule has 0 radical (unpaired) electrons. The van der Waals surface area contributed by atoms with Crippen LogP contribution in [-0.4, -0.2) is 18.2 Å². The summed E-state index contributed by atoms with van der Waals surface area (Å²) in [5, 5.41) is -0.645. The Balaban J connectivity index is 4.04. The van der Waals surface area contributed by atoms with Crippen molar-refractivity contribution in [1.29, 1.82) is 0 Å². The minimum absolute atomic E-state index is 0.339. The summed E-state index contributed by atoms with van der Waals surface area (Å²) in [6.07, 6.45) is 2.74. The van der Waals surface area contributed by atoms with E-state index in [0.29, 0.717) is 24.2 Å². The van der Waals surface area contributed by atoms with Gasteiger partial charge in [-0.3, -0.25) is 4.55 Å². The topological polar surface area (TPSA) is 54.4 Å². The van der Waals surface area contributed by atoms with Gasteiger partial charge in [-0.1, -0.05) is 27.7 Å². The lowest BCUT2D eigenvalue weighted by atomic mass is 9.88. The van der Waals surface area contributed by atoms with Gasteiger partial charge in [-0.15, -0.1) is 0 Å². The molecule has 0 aliphatic rings. The number of hydrogen-bond donors (Lipinski definition) is 1. The van der Waals surface area contributed by atoms with E-state index in [-0.39, 0.29) is 0 Å². The van der Waals surface area contributed by atoms with Crippen molar-refractivity contribution in [1.82, 2.24) is 0 Å². The molecular weight excluding hydrogens is 224 g/mol. The molecule has 0 amide bonds. The summed E-state index contributed by atoms with van der Waals surface area (Å²) in [4.78, 5) is 0. The van der Waals surface area contributed by atoms with Gasteiger partial charge >= 0.3 is 0 Å². The van der Waals surface area contributed by atoms with Crippen molar-refractivity contribution in [2.45, 2.75) is 59.1 Å². The third-order valence-electron chi connectivity index (χ3n) is 2.92. The Morgan fingerprint density at radius 3 is 1.69 bits per heavy atom. The largest absolute Gasteiger partial charge is 0.285 e. The SMILES string of the molecule is CC(C)CC(C)CC(C)CC(C)S(=O)(=O)O. The summed E-state index contributed by atoms with van der Waals surface area (Å²) in [5.41, 5.74) is 0. The first-order chi connectivity index (χ1) is 7.12. The molecule has 1 N–H and O–H groups in total. The molecule has 3 atom stereocenters. The van der Waals surface area contributed by atoms with Crippen molar-refractivity contribution in [3.8, 4) is 0 Å². The summed E-state index contributed by atoms with van der Waals surface area (Å²) < 4.78 is 30.7. The van der Waals surface area contributed by atoms with Crippen molar-refractivity contribution in [3.63, 3.8) is 0 Å². The van der Waals surface area contributed by atoms with Crippen LogP contribution < -0.4 is 0 Å². The molecule has 0 aromatic rings. The fourth-order valence-corrected chi connectivity index (χ4v) is 2.94. The van der Waals surface area contributed by atoms with Crippen LogP contribution in [0.2, 0.25) is 0 Å². The molecule has 0 aliphatic heterocycles. The molecular formula is C12H26O3S. The average molecular weight is 250 g/mol. The monoisotopic (exact) mass is 250 g/mol. The molecule has 0 bridgehead atoms. The molecule has 0 aliphatic carbocycles. The van der Waals surface area contributed by atoms with Crippen LogP contribution in [0.3, 0.4) is 0 Å². The molecule has 0 spiro atoms. The molecule has 0 heterocycles. The Kier molecular flexibility index (Phi) is 6.56. The Bertz CT molecular complexity index is 283. The van der Waals surface area contributed by atoms with Crippen LogP contribution in [0.1, 0.15) is 53.9 Å². The molecule has 16 heavy (non-hydrogen) atoms. The minimum atomic E-state index is -3.86. The van der Waals surface area contributed by atoms with Gasteiger partial charge in [0.25, 0.3) is 10.1 Å². The predicted molar refractivity (Wildman–Crippen MR) is 68.0 cm³/mol. The van der Waals surface area contributed by atoms with E-state index in [0.717, 1.165) is 6.42 Å². The Morgan fingerprint density at radius 1 is 0.875 bits per heavy atom. The van der Waals surface area contributed by atoms with Crippen LogP contribution in [0, 0.1) is 17.8 Å². The third-order valence-corrected chi connectivity index (χ3v) is 4.13. The van der Waals surface area contributed by atoms with Crippen LogP contribution in [0.25, 0.3) is 0 Å². The van der Waals surface area contributed by atoms with Gasteiger partial charge < -0.3 is 0 Å². The molecule has 4 heteroatoms. The first-order valence-electron chi connectivity index (χ1n) is 6.09. The van der Waals surface area contributed by atoms with E-state index in [9.17, 15) is 8.42 Å². The van der Waals surface area contributed by atoms with Crippen molar-refractivity contribution < 1.29 is 13.0 Å². The zero-order valence-electron chi connectivity index (χ0n) is 11.1. The smallest absolute Gasteiger partial charge is 0.267 e. The van der Waals surface area contributed by atoms with Crippen LogP contribution >= 0.6 is 0 Å². The fraction of sp³-hybridized carbons (Fsp3) is 1.00. The summed E-state index contributed by atoms with van der Waals surface area (Å²) >= 11 is 0. The predicted octanol–water partition coefficient (Wildman–Crippen LogP) is 3.36. The van der Waals surface area contributed by atoms with Crippen LogP contribution in [0.15, 0.2) is 0 Å². The van der Waals surface area contributed by atoms with Crippen LogP contribution in [0.4, 0.5) is 0 Å². The Morgan fingerprint density at radius 2 is 1.31 bits per heavy atom. The van der Waals surface area contributed by atoms with Crippen molar-refractivity contribution in [2.75, 3.05) is 0 Å². The highest BCUT2D eigenvalue weighted by molar-refractivity contribution is 7.86. The standard InChI is InChI=1S/C12H26O3S/c1-9(2)6-10(3)7-11(4)8-12(5)16(13,14)15/h9-12H,6-8H2,1-5H3,(H,13,14,15). The Hall–Kier alpha value is -0.0900. The second kappa shape index (κ2) is 6.60. The van der Waals surface area contributed by atoms with E-state index in [1.54, 1.807) is 6.92 Å². The highest BCUT2D eigenvalue weighted by Crippen LogP contribution is 2.23. The van der Waals surface area contributed by atoms with Crippen LogP contribution in [-0.2, 0) is 10.1 Å². The molecule has 0 aromatic heterocycles. The van der Waals surface area contributed by atoms with Gasteiger partial charge in [-0.05, 0) is 43.9 Å². The zero-order valence-corrected chi connectivity index (χ0v) is 11.9. The van der Waals surface area contributed by atoms with E-state index in [1.165, 1.54) is 6.42 Å². The zero-order chi connectivity index (χ0) is 12.9. The molecule has 3 nitrogen and oxygen atoms in total. The highest BCUT2D eigenvalue weighted by Gasteiger charge is 2.21. The summed E-state index contributed by atoms with van der Waals surface area (Å²) in [6, 6.07) is 0. The van der Waals surface area contributed by atoms with Crippen molar-refractivity contribution in [3.05, 3.63) is 0 Å². The summed E-state index contributed by atoms with van der Waals surface area (Å²) in [7, 11) is -3.86. The lowest BCUT2D eigenvalue weighted by Gasteiger charge is -2.20. The maximum absolute atomic E-state index is 10.9. The third kappa shape index (κ3) is 7.23. The first-order valence-corrected chi connectivity index (χ1v) is 7.59. The fourth-order valence-electron chi connectivity index (χ4n) is 2.37. The van der Waals surface area contributed by atoms with Gasteiger partial charge in [0, 0.05) is 0 Å². The van der Waals surface area contributed by atoms with Gasteiger partial charge in [-0.2, -0.15) is 8.42 Å². The molecule has 0 aromatic carbocycles. The molecule has 0 saturated heterocycles. The van der Waals surface area contributed by atoms with E-state index < -0.39 is 15.4 Å². The normalized spacial score (nSPS) is 18.4. The molecule has 3 unspecified atom stereocenters. The van der Waals surface area contributed by atoms with E-state index >= 15 is 0 Å². The maximum atomic E-state index is 10.9. The van der Waals surface area contributed by atoms with E-state index in [1.807, 2.05) is 0 Å². The van der Waals surface area contributed by atoms with Gasteiger partial charge in [0.15, 0.2) is 0 Å². The highest BCUT2D eigenvalue weighted by atomic mass is 32.2. The second-order valence-electron chi connectivity index (χ2n) is 5.64. The summed E-state index contributed by atoms with van der Waals surface area (Å²) in [5.74, 6) is 1.63. The summed E-state index contributed by atoms with van der Waals surface area (Å²) in [6.45, 7) is 10.2. The second-order valence-corrected chi connectivity index (χ2v) is 7.47. The lowest BCUT2D eigenvalue weighted by Crippen LogP contribution is -2.20. The first kappa shape index (κ1) is 15.9. The van der Waals surface area contributed by atoms with E-state index in [2.05, 4.69) is 27.7 Å². The molecule has 0 fully saturated rings. The molecule has 0 rings (SSSR count). The lowest BCUT2D eigenvalue weighted by molar-refractivity contribution is 0.338. The van der Waals surface area contributed by atoms with Gasteiger partial charge in [0.05, 0.1) is 5.25 Å². The van der Waals surface area contributed by atoms with Crippen LogP contribution in [0.5, 0.6) is 0 Å². The van der Waals surface area contributed by atoms with E-state index in [4.69, 9.17) is 4.55 Å². The molecule has 0 saturated carbocycles. The van der Waals surface area contributed by atoms with Gasteiger partial charge in [0.1, 0.15) is 0 Å². The number of hydrogen-bond acceptors (Lipinski definition) is 2. The maximum Gasteiger partial charge on any atom is 0.267 e. The average Bonchev–Trinajstić information content (AvgIpc) is 1.98. The Labute approximate surface area is 100 Å². The quantitative estimate of drug-likeness (QED) is 0.705. The number of rotatable bonds is 7. The van der Waals surface area contributed by atoms with Gasteiger partial charge in [-0.25, -0.2) is 0 Å². The molecule has 98 valence electrons. The minimum Gasteiger partial charge on any atom is -0.285 e. The van der Waals surface area contributed by atoms with Crippen molar-refractivity contribution >= 4 is 10.1 Å². The van der Waals surface area contributed by atoms with Crippen molar-refractivity contribution in [2.24, 2.45) is 17.8 Å². The van der Waals surface area contributed by atoms with Gasteiger partial charge in [0.2, 0.25) is 0 Å².